The summed E-state index contributed by atoms with van der Waals surface area (Å²) in [7, 11) is 1.39. The summed E-state index contributed by atoms with van der Waals surface area (Å²) in [6, 6.07) is 2.64. The molecule has 2 N–H and O–H groups in total. The minimum Gasteiger partial charge on any atom is -0.495 e. The van der Waals surface area contributed by atoms with Gasteiger partial charge in [0.25, 0.3) is 5.69 Å². The van der Waals surface area contributed by atoms with Crippen LogP contribution in [-0.4, -0.2) is 35.4 Å². The third-order valence-electron chi connectivity index (χ3n) is 2.97. The maximum Gasteiger partial charge on any atom is 0.412 e. The van der Waals surface area contributed by atoms with Crippen LogP contribution < -0.4 is 10.1 Å². The van der Waals surface area contributed by atoms with E-state index in [-0.39, 0.29) is 23.7 Å². The lowest BCUT2D eigenvalue weighted by molar-refractivity contribution is -0.385. The minimum absolute atomic E-state index is 0.124. The summed E-state index contributed by atoms with van der Waals surface area (Å²) in [6.45, 7) is 6.51. The van der Waals surface area contributed by atoms with Gasteiger partial charge in [-0.2, -0.15) is 0 Å². The number of nitrogens with one attached hydrogen (secondary N) is 1. The van der Waals surface area contributed by atoms with E-state index < -0.39 is 16.6 Å². The van der Waals surface area contributed by atoms with E-state index in [9.17, 15) is 14.9 Å². The van der Waals surface area contributed by atoms with Crippen LogP contribution >= 0.6 is 0 Å². The Morgan fingerprint density at radius 1 is 1.42 bits per heavy atom. The highest BCUT2D eigenvalue weighted by atomic mass is 16.6. The van der Waals surface area contributed by atoms with Gasteiger partial charge in [-0.05, 0) is 39.3 Å². The van der Waals surface area contributed by atoms with Crippen LogP contribution in [-0.2, 0) is 4.74 Å². The number of hydrogen-bond acceptors (Lipinski definition) is 6. The van der Waals surface area contributed by atoms with Crippen LogP contribution in [0.5, 0.6) is 5.75 Å². The fourth-order valence-corrected chi connectivity index (χ4v) is 1.96. The molecular formula is C16H22N2O6. The zero-order valence-electron chi connectivity index (χ0n) is 14.4. The number of nitro benzene ring substituents is 1. The van der Waals surface area contributed by atoms with E-state index in [1.807, 2.05) is 0 Å². The molecule has 0 atom stereocenters. The molecule has 0 unspecified atom stereocenters. The number of carbonyl (C=O) groups is 1. The maximum atomic E-state index is 11.9. The van der Waals surface area contributed by atoms with Crippen LogP contribution in [0.15, 0.2) is 18.2 Å². The van der Waals surface area contributed by atoms with Gasteiger partial charge in [-0.3, -0.25) is 15.4 Å². The number of nitro groups is 1. The molecule has 1 aromatic rings. The zero-order valence-corrected chi connectivity index (χ0v) is 14.4. The van der Waals surface area contributed by atoms with E-state index in [4.69, 9.17) is 14.6 Å². The van der Waals surface area contributed by atoms with Gasteiger partial charge >= 0.3 is 6.09 Å². The molecule has 0 fully saturated rings. The van der Waals surface area contributed by atoms with E-state index >= 15 is 0 Å². The number of anilines is 1. The number of benzene rings is 1. The molecule has 0 radical (unpaired) electrons. The number of carbonyl (C=O) groups excluding carboxylic acids is 1. The van der Waals surface area contributed by atoms with E-state index in [1.165, 1.54) is 25.3 Å². The first-order chi connectivity index (χ1) is 11.1. The lowest BCUT2D eigenvalue weighted by Gasteiger charge is -2.20. The van der Waals surface area contributed by atoms with E-state index in [0.717, 1.165) is 0 Å². The van der Waals surface area contributed by atoms with Gasteiger partial charge in [0.05, 0.1) is 29.9 Å². The second kappa shape index (κ2) is 7.78. The van der Waals surface area contributed by atoms with Crippen molar-refractivity contribution in [3.8, 4) is 5.75 Å². The second-order valence-corrected chi connectivity index (χ2v) is 6.02. The van der Waals surface area contributed by atoms with Crippen molar-refractivity contribution in [2.24, 2.45) is 0 Å². The Labute approximate surface area is 140 Å². The Bertz CT molecular complexity index is 661. The van der Waals surface area contributed by atoms with Crippen molar-refractivity contribution in [1.82, 2.24) is 0 Å². The third kappa shape index (κ3) is 5.24. The molecule has 0 heterocycles. The number of ether oxygens (including phenoxy) is 2. The van der Waals surface area contributed by atoms with Crippen molar-refractivity contribution in [3.63, 3.8) is 0 Å². The average Bonchev–Trinajstić information content (AvgIpc) is 2.44. The maximum absolute atomic E-state index is 11.9. The second-order valence-electron chi connectivity index (χ2n) is 6.02. The van der Waals surface area contributed by atoms with Crippen molar-refractivity contribution < 1.29 is 24.3 Å². The average molecular weight is 338 g/mol. The molecule has 0 saturated carbocycles. The highest BCUT2D eigenvalue weighted by Crippen LogP contribution is 2.36. The van der Waals surface area contributed by atoms with Crippen molar-refractivity contribution >= 4 is 23.0 Å². The number of aliphatic hydroxyl groups excluding tert-OH is 1. The molecule has 0 aliphatic rings. The number of allylic oxidation sites excluding steroid dienone is 1. The summed E-state index contributed by atoms with van der Waals surface area (Å²) in [4.78, 5) is 22.7. The summed E-state index contributed by atoms with van der Waals surface area (Å²) < 4.78 is 10.3. The Balaban J connectivity index is 3.32. The van der Waals surface area contributed by atoms with Crippen molar-refractivity contribution in [1.29, 1.82) is 0 Å². The first kappa shape index (κ1) is 19.4. The lowest BCUT2D eigenvalue weighted by Crippen LogP contribution is -2.27. The van der Waals surface area contributed by atoms with Crippen LogP contribution in [0.2, 0.25) is 0 Å². The van der Waals surface area contributed by atoms with Crippen LogP contribution in [0.4, 0.5) is 16.2 Å². The van der Waals surface area contributed by atoms with Crippen LogP contribution in [0.25, 0.3) is 5.57 Å². The minimum atomic E-state index is -0.745. The summed E-state index contributed by atoms with van der Waals surface area (Å²) in [5, 5.41) is 22.8. The molecular weight excluding hydrogens is 316 g/mol. The van der Waals surface area contributed by atoms with E-state index in [1.54, 1.807) is 27.7 Å². The standard InChI is InChI=1S/C16H22N2O6/c1-10(6-7-19)11-8-14(23-5)12(9-13(11)18(21)22)17-15(20)24-16(2,3)4/h6,8-9,19H,7H2,1-5H3,(H,17,20)/b10-6+. The number of aliphatic hydroxyl groups is 1. The highest BCUT2D eigenvalue weighted by Gasteiger charge is 2.23. The third-order valence-corrected chi connectivity index (χ3v) is 2.97. The normalized spacial score (nSPS) is 11.8. The first-order valence-electron chi connectivity index (χ1n) is 7.23. The Kier molecular flexibility index (Phi) is 6.30. The summed E-state index contributed by atoms with van der Waals surface area (Å²) in [5.41, 5.74) is 0.0129. The molecule has 24 heavy (non-hydrogen) atoms. The van der Waals surface area contributed by atoms with Crippen LogP contribution in [0, 0.1) is 10.1 Å². The molecule has 0 spiro atoms. The molecule has 8 nitrogen and oxygen atoms in total. The SMILES string of the molecule is COc1cc(/C(C)=C/CO)c([N+](=O)[O-])cc1NC(=O)OC(C)(C)C. The van der Waals surface area contributed by atoms with Gasteiger partial charge in [-0.25, -0.2) is 4.79 Å². The molecule has 132 valence electrons. The summed E-state index contributed by atoms with van der Waals surface area (Å²) in [6.07, 6.45) is 0.702. The fraction of sp³-hybridized carbons (Fsp3) is 0.438. The number of hydrogen-bond donors (Lipinski definition) is 2. The topological polar surface area (TPSA) is 111 Å². The van der Waals surface area contributed by atoms with Crippen LogP contribution in [0.1, 0.15) is 33.3 Å². The Hall–Kier alpha value is -2.61. The van der Waals surface area contributed by atoms with Gasteiger partial charge in [-0.15, -0.1) is 0 Å². The van der Waals surface area contributed by atoms with Crippen molar-refractivity contribution in [3.05, 3.63) is 33.9 Å². The van der Waals surface area contributed by atoms with E-state index in [2.05, 4.69) is 5.32 Å². The van der Waals surface area contributed by atoms with Gasteiger partial charge in [0.15, 0.2) is 0 Å². The smallest absolute Gasteiger partial charge is 0.412 e. The molecule has 0 aliphatic heterocycles. The summed E-state index contributed by atoms with van der Waals surface area (Å²) in [5.74, 6) is 0.243. The fourth-order valence-electron chi connectivity index (χ4n) is 1.96. The number of amides is 1. The quantitative estimate of drug-likeness (QED) is 0.629. The lowest BCUT2D eigenvalue weighted by atomic mass is 10.0. The van der Waals surface area contributed by atoms with Gasteiger partial charge < -0.3 is 14.6 Å². The zero-order chi connectivity index (χ0) is 18.5. The molecule has 1 rings (SSSR count). The number of nitrogens with zero attached hydrogens (tertiary/aromatic N) is 1. The molecule has 0 aromatic heterocycles. The molecule has 8 heteroatoms. The molecule has 0 saturated heterocycles. The molecule has 0 bridgehead atoms. The van der Waals surface area contributed by atoms with E-state index in [0.29, 0.717) is 11.1 Å². The van der Waals surface area contributed by atoms with Gasteiger partial charge in [0.2, 0.25) is 0 Å². The first-order valence-corrected chi connectivity index (χ1v) is 7.23. The number of methoxy groups -OCH3 is 1. The Morgan fingerprint density at radius 2 is 2.04 bits per heavy atom. The van der Waals surface area contributed by atoms with Crippen molar-refractivity contribution in [2.75, 3.05) is 19.0 Å². The molecule has 1 amide bonds. The van der Waals surface area contributed by atoms with Gasteiger partial charge in [0.1, 0.15) is 11.4 Å². The van der Waals surface area contributed by atoms with Crippen molar-refractivity contribution in [2.45, 2.75) is 33.3 Å². The molecule has 1 aromatic carbocycles. The Morgan fingerprint density at radius 3 is 2.50 bits per heavy atom. The monoisotopic (exact) mass is 338 g/mol. The van der Waals surface area contributed by atoms with Crippen LogP contribution in [0.3, 0.4) is 0 Å². The highest BCUT2D eigenvalue weighted by molar-refractivity contribution is 5.89. The predicted molar refractivity (Wildman–Crippen MR) is 90.2 cm³/mol. The predicted octanol–water partition coefficient (Wildman–Crippen LogP) is 3.35. The number of rotatable bonds is 5. The van der Waals surface area contributed by atoms with Gasteiger partial charge in [0, 0.05) is 6.07 Å². The summed E-state index contributed by atoms with van der Waals surface area (Å²) >= 11 is 0. The van der Waals surface area contributed by atoms with Gasteiger partial charge in [-0.1, -0.05) is 6.08 Å². The largest absolute Gasteiger partial charge is 0.495 e. The molecule has 0 aliphatic carbocycles.